The maximum absolute atomic E-state index is 12.9. The fraction of sp³-hybridized carbons (Fsp3) is 0.200. The van der Waals surface area contributed by atoms with Gasteiger partial charge in [-0.25, -0.2) is 9.37 Å². The highest BCUT2D eigenvalue weighted by Gasteiger charge is 2.12. The van der Waals surface area contributed by atoms with E-state index in [9.17, 15) is 9.18 Å². The number of carbonyl (C=O) groups excluding carboxylic acids is 1. The minimum absolute atomic E-state index is 0.0629. The molecule has 0 bridgehead atoms. The van der Waals surface area contributed by atoms with Crippen LogP contribution in [0, 0.1) is 5.82 Å². The number of aryl methyl sites for hydroxylation is 1. The zero-order valence-corrected chi connectivity index (χ0v) is 8.20. The van der Waals surface area contributed by atoms with Gasteiger partial charge in [0.15, 0.2) is 5.78 Å². The molecule has 0 radical (unpaired) electrons. The Labute approximate surface area is 85.5 Å². The van der Waals surface area contributed by atoms with Crippen LogP contribution in [0.5, 0.6) is 0 Å². The Kier molecular flexibility index (Phi) is 2.24. The van der Waals surface area contributed by atoms with Gasteiger partial charge < -0.3 is 10.3 Å². The van der Waals surface area contributed by atoms with Crippen molar-refractivity contribution in [1.82, 2.24) is 9.55 Å². The van der Waals surface area contributed by atoms with Gasteiger partial charge in [-0.1, -0.05) is 0 Å². The summed E-state index contributed by atoms with van der Waals surface area (Å²) >= 11 is 0. The number of rotatable bonds is 2. The molecule has 78 valence electrons. The monoisotopic (exact) mass is 207 g/mol. The van der Waals surface area contributed by atoms with Gasteiger partial charge in [-0.15, -0.1) is 0 Å². The van der Waals surface area contributed by atoms with Crippen LogP contribution in [-0.2, 0) is 7.05 Å². The van der Waals surface area contributed by atoms with Gasteiger partial charge in [-0.2, -0.15) is 0 Å². The number of hydrogen-bond donors (Lipinski definition) is 1. The highest BCUT2D eigenvalue weighted by molar-refractivity contribution is 6.00. The summed E-state index contributed by atoms with van der Waals surface area (Å²) < 4.78 is 14.5. The van der Waals surface area contributed by atoms with Crippen LogP contribution in [-0.4, -0.2) is 21.9 Å². The molecule has 0 aliphatic rings. The fourth-order valence-electron chi connectivity index (χ4n) is 1.56. The molecule has 0 saturated carbocycles. The Balaban J connectivity index is 2.69. The number of pyridine rings is 1. The number of aromatic nitrogens is 2. The minimum atomic E-state index is -0.417. The molecule has 15 heavy (non-hydrogen) atoms. The first kappa shape index (κ1) is 9.79. The third-order valence-electron chi connectivity index (χ3n) is 2.30. The number of carbonyl (C=O) groups is 1. The van der Waals surface area contributed by atoms with E-state index in [1.54, 1.807) is 17.7 Å². The lowest BCUT2D eigenvalue weighted by Gasteiger charge is -1.99. The van der Waals surface area contributed by atoms with Crippen molar-refractivity contribution in [2.24, 2.45) is 12.8 Å². The van der Waals surface area contributed by atoms with Crippen LogP contribution in [0.4, 0.5) is 4.39 Å². The lowest BCUT2D eigenvalue weighted by Crippen LogP contribution is -2.16. The van der Waals surface area contributed by atoms with E-state index in [2.05, 4.69) is 4.98 Å². The molecule has 2 rings (SSSR count). The Morgan fingerprint density at radius 2 is 2.33 bits per heavy atom. The van der Waals surface area contributed by atoms with E-state index in [0.717, 1.165) is 6.20 Å². The number of nitrogens with zero attached hydrogens (tertiary/aromatic N) is 2. The molecule has 0 fully saturated rings. The van der Waals surface area contributed by atoms with Gasteiger partial charge in [-0.05, 0) is 12.1 Å². The summed E-state index contributed by atoms with van der Waals surface area (Å²) in [5.41, 5.74) is 6.29. The Morgan fingerprint density at radius 3 is 3.00 bits per heavy atom. The largest absolute Gasteiger partial charge is 0.326 e. The van der Waals surface area contributed by atoms with Crippen molar-refractivity contribution >= 4 is 16.8 Å². The second-order valence-corrected chi connectivity index (χ2v) is 3.28. The molecule has 0 unspecified atom stereocenters. The molecule has 0 aromatic carbocycles. The summed E-state index contributed by atoms with van der Waals surface area (Å²) in [4.78, 5) is 15.3. The summed E-state index contributed by atoms with van der Waals surface area (Å²) in [7, 11) is 1.70. The Hall–Kier alpha value is -1.75. The van der Waals surface area contributed by atoms with E-state index in [0.29, 0.717) is 16.7 Å². The third-order valence-corrected chi connectivity index (χ3v) is 2.30. The van der Waals surface area contributed by atoms with Crippen LogP contribution in [0.25, 0.3) is 11.0 Å². The standard InChI is InChI=1S/C10H10FN3O/c1-14-8(9(15)4-12)3-6-2-7(11)5-13-10(6)14/h2-3,5H,4,12H2,1H3. The number of hydrogen-bond acceptors (Lipinski definition) is 3. The van der Waals surface area contributed by atoms with Crippen molar-refractivity contribution in [2.45, 2.75) is 0 Å². The zero-order valence-electron chi connectivity index (χ0n) is 8.20. The molecule has 0 amide bonds. The van der Waals surface area contributed by atoms with Crippen molar-refractivity contribution in [1.29, 1.82) is 0 Å². The molecule has 2 heterocycles. The van der Waals surface area contributed by atoms with Crippen LogP contribution in [0.2, 0.25) is 0 Å². The second kappa shape index (κ2) is 3.43. The average Bonchev–Trinajstić information content (AvgIpc) is 2.54. The SMILES string of the molecule is Cn1c(C(=O)CN)cc2cc(F)cnc21. The predicted octanol–water partition coefficient (Wildman–Crippen LogP) is 0.854. The summed E-state index contributed by atoms with van der Waals surface area (Å²) in [5, 5.41) is 0.606. The van der Waals surface area contributed by atoms with Crippen LogP contribution >= 0.6 is 0 Å². The highest BCUT2D eigenvalue weighted by atomic mass is 19.1. The molecule has 4 nitrogen and oxygen atoms in total. The topological polar surface area (TPSA) is 60.9 Å². The lowest BCUT2D eigenvalue weighted by atomic mass is 10.2. The van der Waals surface area contributed by atoms with Crippen molar-refractivity contribution < 1.29 is 9.18 Å². The minimum Gasteiger partial charge on any atom is -0.326 e. The van der Waals surface area contributed by atoms with E-state index in [1.807, 2.05) is 0 Å². The molecule has 5 heteroatoms. The second-order valence-electron chi connectivity index (χ2n) is 3.28. The number of Topliss-reactive ketones (excluding diaryl/α,β-unsaturated/α-hetero) is 1. The van der Waals surface area contributed by atoms with Crippen molar-refractivity contribution in [2.75, 3.05) is 6.54 Å². The fourth-order valence-corrected chi connectivity index (χ4v) is 1.56. The van der Waals surface area contributed by atoms with Crippen LogP contribution in [0.1, 0.15) is 10.5 Å². The van der Waals surface area contributed by atoms with E-state index in [-0.39, 0.29) is 12.3 Å². The molecular weight excluding hydrogens is 197 g/mol. The van der Waals surface area contributed by atoms with Gasteiger partial charge in [0.2, 0.25) is 0 Å². The first-order valence-electron chi connectivity index (χ1n) is 4.47. The molecule has 0 saturated heterocycles. The zero-order chi connectivity index (χ0) is 11.0. The van der Waals surface area contributed by atoms with E-state index < -0.39 is 5.82 Å². The summed E-state index contributed by atoms with van der Waals surface area (Å²) in [6, 6.07) is 2.94. The van der Waals surface area contributed by atoms with Crippen molar-refractivity contribution in [3.05, 3.63) is 29.8 Å². The van der Waals surface area contributed by atoms with Gasteiger partial charge in [0.05, 0.1) is 18.4 Å². The highest BCUT2D eigenvalue weighted by Crippen LogP contribution is 2.17. The number of nitrogens with two attached hydrogens (primary N) is 1. The van der Waals surface area contributed by atoms with E-state index in [1.165, 1.54) is 6.07 Å². The van der Waals surface area contributed by atoms with Crippen molar-refractivity contribution in [3.8, 4) is 0 Å². The third kappa shape index (κ3) is 1.50. The Morgan fingerprint density at radius 1 is 1.60 bits per heavy atom. The molecule has 0 aliphatic heterocycles. The van der Waals surface area contributed by atoms with Crippen LogP contribution < -0.4 is 5.73 Å². The quantitative estimate of drug-likeness (QED) is 0.743. The van der Waals surface area contributed by atoms with Gasteiger partial charge in [-0.3, -0.25) is 4.79 Å². The number of ketones is 1. The maximum atomic E-state index is 12.9. The maximum Gasteiger partial charge on any atom is 0.192 e. The number of halogens is 1. The van der Waals surface area contributed by atoms with Gasteiger partial charge in [0.1, 0.15) is 11.5 Å². The van der Waals surface area contributed by atoms with E-state index >= 15 is 0 Å². The lowest BCUT2D eigenvalue weighted by molar-refractivity contribution is 0.0994. The van der Waals surface area contributed by atoms with Crippen molar-refractivity contribution in [3.63, 3.8) is 0 Å². The first-order valence-corrected chi connectivity index (χ1v) is 4.47. The van der Waals surface area contributed by atoms with Gasteiger partial charge in [0.25, 0.3) is 0 Å². The van der Waals surface area contributed by atoms with E-state index in [4.69, 9.17) is 5.73 Å². The van der Waals surface area contributed by atoms with Gasteiger partial charge in [0, 0.05) is 12.4 Å². The van der Waals surface area contributed by atoms with Crippen LogP contribution in [0.3, 0.4) is 0 Å². The first-order chi connectivity index (χ1) is 7.13. The summed E-state index contributed by atoms with van der Waals surface area (Å²) in [6.45, 7) is -0.0629. The molecular formula is C10H10FN3O. The molecule has 0 atom stereocenters. The van der Waals surface area contributed by atoms with Gasteiger partial charge >= 0.3 is 0 Å². The smallest absolute Gasteiger partial charge is 0.192 e. The summed E-state index contributed by atoms with van der Waals surface area (Å²) in [5.74, 6) is -0.601. The molecule has 0 spiro atoms. The summed E-state index contributed by atoms with van der Waals surface area (Å²) in [6.07, 6.45) is 1.12. The Bertz CT molecular complexity index is 533. The molecule has 2 aromatic heterocycles. The molecule has 0 aliphatic carbocycles. The average molecular weight is 207 g/mol. The van der Waals surface area contributed by atoms with Crippen LogP contribution in [0.15, 0.2) is 18.3 Å². The molecule has 2 N–H and O–H groups in total. The molecule has 2 aromatic rings. The predicted molar refractivity (Wildman–Crippen MR) is 54.1 cm³/mol. The normalized spacial score (nSPS) is 10.9. The number of fused-ring (bicyclic) bond motifs is 1.